The number of hydrogen-bond donors (Lipinski definition) is 1. The fourth-order valence-corrected chi connectivity index (χ4v) is 2.54. The van der Waals surface area contributed by atoms with E-state index < -0.39 is 5.97 Å². The third-order valence-electron chi connectivity index (χ3n) is 3.66. The zero-order valence-electron chi connectivity index (χ0n) is 12.6. The van der Waals surface area contributed by atoms with Gasteiger partial charge in [0.15, 0.2) is 5.43 Å². The molecule has 0 spiro atoms. The SMILES string of the molecule is COc1c(C)cccc1-c1cc(=O)c2cc(C(=O)O)ccc2o1. The highest BCUT2D eigenvalue weighted by Gasteiger charge is 2.14. The molecule has 0 atom stereocenters. The topological polar surface area (TPSA) is 76.7 Å². The van der Waals surface area contributed by atoms with Crippen LogP contribution in [0.15, 0.2) is 51.7 Å². The summed E-state index contributed by atoms with van der Waals surface area (Å²) in [5, 5.41) is 9.25. The van der Waals surface area contributed by atoms with Crippen LogP contribution in [0.3, 0.4) is 0 Å². The van der Waals surface area contributed by atoms with Gasteiger partial charge in [-0.2, -0.15) is 0 Å². The van der Waals surface area contributed by atoms with E-state index in [1.807, 2.05) is 25.1 Å². The molecule has 1 aromatic heterocycles. The molecule has 0 fully saturated rings. The van der Waals surface area contributed by atoms with Crippen LogP contribution in [0.25, 0.3) is 22.3 Å². The Hall–Kier alpha value is -3.08. The molecule has 1 N–H and O–H groups in total. The second-order valence-corrected chi connectivity index (χ2v) is 5.15. The zero-order valence-corrected chi connectivity index (χ0v) is 12.6. The summed E-state index contributed by atoms with van der Waals surface area (Å²) in [4.78, 5) is 23.4. The van der Waals surface area contributed by atoms with Crippen molar-refractivity contribution in [3.05, 3.63) is 63.8 Å². The van der Waals surface area contributed by atoms with Gasteiger partial charge in [-0.1, -0.05) is 12.1 Å². The van der Waals surface area contributed by atoms with E-state index in [0.717, 1.165) is 5.56 Å². The van der Waals surface area contributed by atoms with Crippen LogP contribution >= 0.6 is 0 Å². The van der Waals surface area contributed by atoms with Crippen molar-refractivity contribution in [1.29, 1.82) is 0 Å². The third kappa shape index (κ3) is 2.57. The van der Waals surface area contributed by atoms with Gasteiger partial charge in [-0.3, -0.25) is 4.79 Å². The highest BCUT2D eigenvalue weighted by Crippen LogP contribution is 2.33. The van der Waals surface area contributed by atoms with Crippen LogP contribution in [0.1, 0.15) is 15.9 Å². The zero-order chi connectivity index (χ0) is 16.6. The van der Waals surface area contributed by atoms with E-state index in [0.29, 0.717) is 22.7 Å². The summed E-state index contributed by atoms with van der Waals surface area (Å²) in [5.41, 5.74) is 1.68. The molecule has 5 heteroatoms. The van der Waals surface area contributed by atoms with Crippen molar-refractivity contribution in [2.24, 2.45) is 0 Å². The van der Waals surface area contributed by atoms with E-state index in [1.165, 1.54) is 24.3 Å². The Morgan fingerprint density at radius 2 is 1.96 bits per heavy atom. The van der Waals surface area contributed by atoms with Crippen molar-refractivity contribution in [1.82, 2.24) is 0 Å². The van der Waals surface area contributed by atoms with E-state index in [-0.39, 0.29) is 16.4 Å². The predicted octanol–water partition coefficient (Wildman–Crippen LogP) is 3.48. The molecule has 116 valence electrons. The van der Waals surface area contributed by atoms with Crippen molar-refractivity contribution in [2.75, 3.05) is 7.11 Å². The van der Waals surface area contributed by atoms with E-state index >= 15 is 0 Å². The molecule has 3 rings (SSSR count). The first-order valence-electron chi connectivity index (χ1n) is 6.96. The number of aromatic carboxylic acids is 1. The molecule has 0 saturated carbocycles. The van der Waals surface area contributed by atoms with Crippen molar-refractivity contribution in [3.8, 4) is 17.1 Å². The molecule has 0 aliphatic heterocycles. The van der Waals surface area contributed by atoms with E-state index in [9.17, 15) is 9.59 Å². The minimum Gasteiger partial charge on any atom is -0.496 e. The quantitative estimate of drug-likeness (QED) is 0.801. The lowest BCUT2D eigenvalue weighted by Gasteiger charge is -2.11. The average Bonchev–Trinajstić information content (AvgIpc) is 2.54. The van der Waals surface area contributed by atoms with Crippen molar-refractivity contribution >= 4 is 16.9 Å². The molecule has 0 amide bonds. The van der Waals surface area contributed by atoms with Gasteiger partial charge in [0.2, 0.25) is 0 Å². The van der Waals surface area contributed by atoms with Crippen molar-refractivity contribution < 1.29 is 19.1 Å². The lowest BCUT2D eigenvalue weighted by molar-refractivity contribution is 0.0697. The summed E-state index contributed by atoms with van der Waals surface area (Å²) < 4.78 is 11.2. The molecule has 1 heterocycles. The van der Waals surface area contributed by atoms with Gasteiger partial charge < -0.3 is 14.3 Å². The Balaban J connectivity index is 2.26. The highest BCUT2D eigenvalue weighted by atomic mass is 16.5. The standard InChI is InChI=1S/C18H14O5/c1-10-4-3-5-12(17(10)22-2)16-9-14(19)13-8-11(18(20)21)6-7-15(13)23-16/h3-9H,1-2H3,(H,20,21). The summed E-state index contributed by atoms with van der Waals surface area (Å²) in [7, 11) is 1.56. The largest absolute Gasteiger partial charge is 0.496 e. The number of ether oxygens (including phenoxy) is 1. The molecule has 0 saturated heterocycles. The fraction of sp³-hybridized carbons (Fsp3) is 0.111. The van der Waals surface area contributed by atoms with Crippen LogP contribution in [0.4, 0.5) is 0 Å². The number of carboxylic acids is 1. The Bertz CT molecular complexity index is 969. The molecule has 3 aromatic rings. The monoisotopic (exact) mass is 310 g/mol. The summed E-state index contributed by atoms with van der Waals surface area (Å²) in [6.45, 7) is 1.90. The van der Waals surface area contributed by atoms with Gasteiger partial charge in [0.25, 0.3) is 0 Å². The Labute approximate surface area is 131 Å². The number of benzene rings is 2. The number of rotatable bonds is 3. The minimum atomic E-state index is -1.09. The molecular weight excluding hydrogens is 296 g/mol. The summed E-state index contributed by atoms with van der Waals surface area (Å²) in [6, 6.07) is 11.1. The third-order valence-corrected chi connectivity index (χ3v) is 3.66. The molecule has 5 nitrogen and oxygen atoms in total. The number of carboxylic acid groups (broad SMARTS) is 1. The molecule has 0 aliphatic rings. The van der Waals surface area contributed by atoms with Gasteiger partial charge in [0, 0.05) is 6.07 Å². The summed E-state index contributed by atoms with van der Waals surface area (Å²) in [5.74, 6) is -0.0704. The first kappa shape index (κ1) is 14.8. The number of methoxy groups -OCH3 is 1. The molecule has 0 radical (unpaired) electrons. The molecule has 23 heavy (non-hydrogen) atoms. The lowest BCUT2D eigenvalue weighted by Crippen LogP contribution is -2.04. The Morgan fingerprint density at radius 1 is 1.17 bits per heavy atom. The second-order valence-electron chi connectivity index (χ2n) is 5.15. The number of para-hydroxylation sites is 1. The predicted molar refractivity (Wildman–Crippen MR) is 86.2 cm³/mol. The Kier molecular flexibility index (Phi) is 3.62. The van der Waals surface area contributed by atoms with Gasteiger partial charge in [-0.25, -0.2) is 4.79 Å². The first-order valence-corrected chi connectivity index (χ1v) is 6.96. The summed E-state index contributed by atoms with van der Waals surface area (Å²) in [6.07, 6.45) is 0. The number of fused-ring (bicyclic) bond motifs is 1. The van der Waals surface area contributed by atoms with Gasteiger partial charge in [0.1, 0.15) is 17.1 Å². The van der Waals surface area contributed by atoms with E-state index in [2.05, 4.69) is 0 Å². The van der Waals surface area contributed by atoms with Gasteiger partial charge in [0.05, 0.1) is 23.6 Å². The van der Waals surface area contributed by atoms with Crippen LogP contribution in [-0.2, 0) is 0 Å². The maximum atomic E-state index is 12.3. The number of hydrogen-bond acceptors (Lipinski definition) is 4. The maximum absolute atomic E-state index is 12.3. The first-order chi connectivity index (χ1) is 11.0. The second kappa shape index (κ2) is 5.61. The van der Waals surface area contributed by atoms with Crippen LogP contribution < -0.4 is 10.2 Å². The molecule has 0 unspecified atom stereocenters. The van der Waals surface area contributed by atoms with Crippen molar-refractivity contribution in [2.45, 2.75) is 6.92 Å². The van der Waals surface area contributed by atoms with Crippen LogP contribution in [0.2, 0.25) is 0 Å². The highest BCUT2D eigenvalue weighted by molar-refractivity contribution is 5.93. The summed E-state index contributed by atoms with van der Waals surface area (Å²) >= 11 is 0. The molecule has 0 bridgehead atoms. The minimum absolute atomic E-state index is 0.0469. The molecule has 2 aromatic carbocycles. The van der Waals surface area contributed by atoms with Gasteiger partial charge >= 0.3 is 5.97 Å². The van der Waals surface area contributed by atoms with Crippen LogP contribution in [0, 0.1) is 6.92 Å². The van der Waals surface area contributed by atoms with Gasteiger partial charge in [-0.15, -0.1) is 0 Å². The van der Waals surface area contributed by atoms with Crippen molar-refractivity contribution in [3.63, 3.8) is 0 Å². The number of carbonyl (C=O) groups is 1. The average molecular weight is 310 g/mol. The smallest absolute Gasteiger partial charge is 0.335 e. The lowest BCUT2D eigenvalue weighted by atomic mass is 10.1. The van der Waals surface area contributed by atoms with Gasteiger partial charge in [-0.05, 0) is 36.8 Å². The molecular formula is C18H14O5. The van der Waals surface area contributed by atoms with E-state index in [1.54, 1.807) is 7.11 Å². The van der Waals surface area contributed by atoms with Crippen LogP contribution in [-0.4, -0.2) is 18.2 Å². The Morgan fingerprint density at radius 3 is 2.65 bits per heavy atom. The van der Waals surface area contributed by atoms with E-state index in [4.69, 9.17) is 14.3 Å². The number of aryl methyl sites for hydroxylation is 1. The maximum Gasteiger partial charge on any atom is 0.335 e. The normalized spacial score (nSPS) is 10.7. The fourth-order valence-electron chi connectivity index (χ4n) is 2.54. The molecule has 0 aliphatic carbocycles. The van der Waals surface area contributed by atoms with Crippen LogP contribution in [0.5, 0.6) is 5.75 Å².